The van der Waals surface area contributed by atoms with Gasteiger partial charge in [-0.2, -0.15) is 0 Å². The molecular formula is C27H29N5O5. The lowest BCUT2D eigenvalue weighted by molar-refractivity contribution is -0.133. The maximum atomic E-state index is 13.1. The maximum absolute atomic E-state index is 13.1. The van der Waals surface area contributed by atoms with E-state index in [1.165, 1.54) is 11.9 Å². The molecular weight excluding hydrogens is 474 g/mol. The van der Waals surface area contributed by atoms with Crippen LogP contribution in [0.15, 0.2) is 59.0 Å². The minimum absolute atomic E-state index is 0.209. The minimum Gasteiger partial charge on any atom is -0.418 e. The molecule has 4 amide bonds. The van der Waals surface area contributed by atoms with Crippen LogP contribution < -0.4 is 5.32 Å². The monoisotopic (exact) mass is 503 g/mol. The van der Waals surface area contributed by atoms with Crippen molar-refractivity contribution in [2.45, 2.75) is 39.3 Å². The molecule has 192 valence electrons. The number of aromatic nitrogens is 2. The largest absolute Gasteiger partial charge is 0.418 e. The van der Waals surface area contributed by atoms with Crippen LogP contribution in [0.5, 0.6) is 0 Å². The first-order valence-corrected chi connectivity index (χ1v) is 12.0. The Morgan fingerprint density at radius 1 is 1.05 bits per heavy atom. The number of amides is 4. The minimum atomic E-state index is -0.977. The number of likely N-dealkylation sites (N-methyl/N-ethyl adjacent to an activating group) is 1. The van der Waals surface area contributed by atoms with Crippen molar-refractivity contribution in [3.63, 3.8) is 0 Å². The van der Waals surface area contributed by atoms with Crippen LogP contribution in [0.25, 0.3) is 0 Å². The van der Waals surface area contributed by atoms with E-state index in [0.717, 1.165) is 16.0 Å². The highest BCUT2D eigenvalue weighted by Gasteiger charge is 2.44. The number of ketones is 1. The summed E-state index contributed by atoms with van der Waals surface area (Å²) in [6.07, 6.45) is 0.371. The fraction of sp³-hybridized carbons (Fsp3) is 0.333. The van der Waals surface area contributed by atoms with Crippen LogP contribution >= 0.6 is 0 Å². The molecule has 37 heavy (non-hydrogen) atoms. The average molecular weight is 504 g/mol. The molecule has 0 spiro atoms. The highest BCUT2D eigenvalue weighted by Crippen LogP contribution is 2.29. The molecule has 0 bridgehead atoms. The van der Waals surface area contributed by atoms with Gasteiger partial charge in [-0.25, -0.2) is 4.79 Å². The van der Waals surface area contributed by atoms with Crippen molar-refractivity contribution in [2.75, 3.05) is 13.6 Å². The van der Waals surface area contributed by atoms with E-state index in [9.17, 15) is 19.2 Å². The number of nitrogens with zero attached hydrogens (tertiary/aromatic N) is 4. The first-order valence-electron chi connectivity index (χ1n) is 12.0. The summed E-state index contributed by atoms with van der Waals surface area (Å²) < 4.78 is 5.60. The van der Waals surface area contributed by atoms with E-state index in [1.54, 1.807) is 38.1 Å². The van der Waals surface area contributed by atoms with Crippen molar-refractivity contribution in [2.24, 2.45) is 5.92 Å². The molecule has 3 aromatic rings. The van der Waals surface area contributed by atoms with Gasteiger partial charge in [0.2, 0.25) is 17.6 Å². The molecule has 1 N–H and O–H groups in total. The molecule has 10 nitrogen and oxygen atoms in total. The van der Waals surface area contributed by atoms with Gasteiger partial charge in [0, 0.05) is 7.05 Å². The zero-order valence-corrected chi connectivity index (χ0v) is 21.2. The van der Waals surface area contributed by atoms with E-state index in [4.69, 9.17) is 4.42 Å². The SMILES string of the molecule is Cc1cccc(Cc2nnc(C(=O)[C@@H](NC(=O)CN3C(=O)C(c4ccccc4)N(C)C3=O)C(C)C)o2)c1. The van der Waals surface area contributed by atoms with Crippen LogP contribution in [0.1, 0.15) is 53.2 Å². The van der Waals surface area contributed by atoms with E-state index in [1.807, 2.05) is 37.3 Å². The zero-order valence-electron chi connectivity index (χ0n) is 21.2. The lowest BCUT2D eigenvalue weighted by Gasteiger charge is -2.21. The molecule has 2 atom stereocenters. The number of aryl methyl sites for hydroxylation is 1. The van der Waals surface area contributed by atoms with Gasteiger partial charge in [-0.05, 0) is 24.0 Å². The Balaban J connectivity index is 1.43. The number of carbonyl (C=O) groups is 4. The Morgan fingerprint density at radius 3 is 2.46 bits per heavy atom. The van der Waals surface area contributed by atoms with Crippen LogP contribution in [0.4, 0.5) is 4.79 Å². The van der Waals surface area contributed by atoms with Gasteiger partial charge >= 0.3 is 6.03 Å². The van der Waals surface area contributed by atoms with Gasteiger partial charge in [-0.15, -0.1) is 10.2 Å². The van der Waals surface area contributed by atoms with E-state index in [0.29, 0.717) is 12.0 Å². The van der Waals surface area contributed by atoms with Gasteiger partial charge in [-0.1, -0.05) is 74.0 Å². The molecule has 1 aromatic heterocycles. The normalized spacial score (nSPS) is 16.4. The van der Waals surface area contributed by atoms with Gasteiger partial charge in [0.15, 0.2) is 0 Å². The van der Waals surface area contributed by atoms with E-state index < -0.39 is 42.3 Å². The molecule has 10 heteroatoms. The number of urea groups is 1. The Labute approximate surface area is 214 Å². The molecule has 0 radical (unpaired) electrons. The van der Waals surface area contributed by atoms with Gasteiger partial charge in [-0.3, -0.25) is 19.3 Å². The number of nitrogens with one attached hydrogen (secondary N) is 1. The van der Waals surface area contributed by atoms with Crippen LogP contribution in [0.3, 0.4) is 0 Å². The fourth-order valence-electron chi connectivity index (χ4n) is 4.31. The highest BCUT2D eigenvalue weighted by atomic mass is 16.4. The molecule has 0 aliphatic carbocycles. The summed E-state index contributed by atoms with van der Waals surface area (Å²) in [7, 11) is 1.51. The maximum Gasteiger partial charge on any atom is 0.327 e. The van der Waals surface area contributed by atoms with Crippen LogP contribution in [0, 0.1) is 12.8 Å². The first-order chi connectivity index (χ1) is 17.7. The number of rotatable bonds is 9. The topological polar surface area (TPSA) is 126 Å². The summed E-state index contributed by atoms with van der Waals surface area (Å²) in [4.78, 5) is 53.9. The van der Waals surface area contributed by atoms with Crippen molar-refractivity contribution in [1.29, 1.82) is 0 Å². The Hall–Kier alpha value is -4.34. The van der Waals surface area contributed by atoms with Crippen molar-refractivity contribution in [1.82, 2.24) is 25.3 Å². The Bertz CT molecular complexity index is 1320. The van der Waals surface area contributed by atoms with Crippen LogP contribution in [-0.2, 0) is 16.0 Å². The zero-order chi connectivity index (χ0) is 26.7. The summed E-state index contributed by atoms with van der Waals surface area (Å²) in [5.74, 6) is -1.92. The summed E-state index contributed by atoms with van der Waals surface area (Å²) in [6, 6.07) is 14.3. The third-order valence-corrected chi connectivity index (χ3v) is 6.22. The number of benzene rings is 2. The van der Waals surface area contributed by atoms with Gasteiger partial charge in [0.25, 0.3) is 11.8 Å². The average Bonchev–Trinajstić information content (AvgIpc) is 3.41. The van der Waals surface area contributed by atoms with Crippen molar-refractivity contribution in [3.05, 3.63) is 83.1 Å². The molecule has 0 saturated carbocycles. The summed E-state index contributed by atoms with van der Waals surface area (Å²) >= 11 is 0. The molecule has 1 aliphatic heterocycles. The summed E-state index contributed by atoms with van der Waals surface area (Å²) in [5, 5.41) is 10.5. The predicted octanol–water partition coefficient (Wildman–Crippen LogP) is 2.93. The second kappa shape index (κ2) is 10.7. The molecule has 1 aliphatic rings. The predicted molar refractivity (Wildman–Crippen MR) is 133 cm³/mol. The number of Topliss-reactive ketones (excluding diaryl/α,β-unsaturated/α-hetero) is 1. The standard InChI is InChI=1S/C27H29N5O5/c1-16(2)22(24(34)25-30-29-21(37-25)14-18-10-8-9-17(3)13-18)28-20(33)15-32-26(35)23(31(4)27(32)36)19-11-6-5-7-12-19/h5-13,16,22-23H,14-15H2,1-4H3,(H,28,33)/t22-,23?/m0/s1. The van der Waals surface area contributed by atoms with Crippen molar-refractivity contribution >= 4 is 23.6 Å². The third kappa shape index (κ3) is 5.58. The van der Waals surface area contributed by atoms with Crippen LogP contribution in [0.2, 0.25) is 0 Å². The molecule has 1 fully saturated rings. The molecule has 1 saturated heterocycles. The van der Waals surface area contributed by atoms with Gasteiger partial charge in [0.05, 0.1) is 12.5 Å². The second-order valence-electron chi connectivity index (χ2n) is 9.45. The lowest BCUT2D eigenvalue weighted by atomic mass is 9.99. The van der Waals surface area contributed by atoms with Gasteiger partial charge in [0.1, 0.15) is 12.6 Å². The second-order valence-corrected chi connectivity index (χ2v) is 9.45. The van der Waals surface area contributed by atoms with E-state index in [-0.39, 0.29) is 17.7 Å². The molecule has 2 heterocycles. The third-order valence-electron chi connectivity index (χ3n) is 6.22. The highest BCUT2D eigenvalue weighted by molar-refractivity contribution is 6.07. The number of carbonyl (C=O) groups excluding carboxylic acids is 4. The quantitative estimate of drug-likeness (QED) is 0.351. The van der Waals surface area contributed by atoms with E-state index >= 15 is 0 Å². The number of hydrogen-bond donors (Lipinski definition) is 1. The number of imide groups is 1. The molecule has 1 unspecified atom stereocenters. The summed E-state index contributed by atoms with van der Waals surface area (Å²) in [5.41, 5.74) is 2.71. The smallest absolute Gasteiger partial charge is 0.327 e. The Morgan fingerprint density at radius 2 is 1.78 bits per heavy atom. The first kappa shape index (κ1) is 25.7. The summed E-state index contributed by atoms with van der Waals surface area (Å²) in [6.45, 7) is 4.99. The van der Waals surface area contributed by atoms with Crippen molar-refractivity contribution in [3.8, 4) is 0 Å². The Kier molecular flexibility index (Phi) is 7.47. The van der Waals surface area contributed by atoms with Crippen LogP contribution in [-0.4, -0.2) is 63.3 Å². The van der Waals surface area contributed by atoms with E-state index in [2.05, 4.69) is 15.5 Å². The van der Waals surface area contributed by atoms with Crippen molar-refractivity contribution < 1.29 is 23.6 Å². The molecule has 2 aromatic carbocycles. The molecule has 4 rings (SSSR count). The van der Waals surface area contributed by atoms with Gasteiger partial charge < -0.3 is 14.6 Å². The fourth-order valence-corrected chi connectivity index (χ4v) is 4.31. The number of hydrogen-bond acceptors (Lipinski definition) is 7. The lowest BCUT2D eigenvalue weighted by Crippen LogP contribution is -2.49.